The van der Waals surface area contributed by atoms with E-state index in [0.29, 0.717) is 40.6 Å². The number of aryl methyl sites for hydroxylation is 1. The maximum atomic E-state index is 12.4. The minimum Gasteiger partial charge on any atom is -0.465 e. The van der Waals surface area contributed by atoms with Crippen molar-refractivity contribution in [2.45, 2.75) is 20.4 Å². The number of esters is 1. The van der Waals surface area contributed by atoms with E-state index < -0.39 is 5.97 Å². The van der Waals surface area contributed by atoms with E-state index in [1.165, 1.54) is 7.11 Å². The van der Waals surface area contributed by atoms with E-state index in [2.05, 4.69) is 10.3 Å². The lowest BCUT2D eigenvalue weighted by Crippen LogP contribution is -2.24. The molecule has 0 unspecified atom stereocenters. The number of amides is 1. The molecule has 2 aromatic rings. The topological polar surface area (TPSA) is 89.7 Å². The minimum absolute atomic E-state index is 0.211. The zero-order valence-electron chi connectivity index (χ0n) is 13.7. The average molecular weight is 330 g/mol. The minimum atomic E-state index is -0.462. The average Bonchev–Trinajstić information content (AvgIpc) is 3.15. The van der Waals surface area contributed by atoms with Gasteiger partial charge in [0.2, 0.25) is 6.79 Å². The molecule has 7 nitrogen and oxygen atoms in total. The van der Waals surface area contributed by atoms with Crippen molar-refractivity contribution >= 4 is 11.9 Å². The van der Waals surface area contributed by atoms with Gasteiger partial charge in [-0.2, -0.15) is 0 Å². The molecular weight excluding hydrogens is 312 g/mol. The summed E-state index contributed by atoms with van der Waals surface area (Å²) in [5, 5.41) is 2.83. The third-order valence-electron chi connectivity index (χ3n) is 3.94. The van der Waals surface area contributed by atoms with Crippen molar-refractivity contribution in [3.05, 3.63) is 46.3 Å². The van der Waals surface area contributed by atoms with E-state index in [9.17, 15) is 9.59 Å². The van der Waals surface area contributed by atoms with Crippen molar-refractivity contribution in [3.63, 3.8) is 0 Å². The van der Waals surface area contributed by atoms with Crippen molar-refractivity contribution in [1.29, 1.82) is 0 Å². The number of rotatable bonds is 4. The summed E-state index contributed by atoms with van der Waals surface area (Å²) < 4.78 is 15.3. The number of carbonyl (C=O) groups is 2. The largest absolute Gasteiger partial charge is 0.465 e. The Morgan fingerprint density at radius 1 is 1.25 bits per heavy atom. The SMILES string of the molecule is COC(=O)c1c(C)[nH]c(C(=O)NCc2ccc3c(c2)OCO3)c1C. The van der Waals surface area contributed by atoms with Crippen LogP contribution >= 0.6 is 0 Å². The molecule has 1 aliphatic heterocycles. The van der Waals surface area contributed by atoms with Crippen LogP contribution in [0.15, 0.2) is 18.2 Å². The number of hydrogen-bond acceptors (Lipinski definition) is 5. The summed E-state index contributed by atoms with van der Waals surface area (Å²) in [6, 6.07) is 5.50. The maximum absolute atomic E-state index is 12.4. The Morgan fingerprint density at radius 3 is 2.75 bits per heavy atom. The van der Waals surface area contributed by atoms with Gasteiger partial charge in [0.15, 0.2) is 11.5 Å². The molecule has 0 saturated carbocycles. The number of H-pyrrole nitrogens is 1. The zero-order chi connectivity index (χ0) is 17.3. The van der Waals surface area contributed by atoms with E-state index in [0.717, 1.165) is 5.56 Å². The molecule has 126 valence electrons. The molecule has 0 atom stereocenters. The third-order valence-corrected chi connectivity index (χ3v) is 3.94. The number of ether oxygens (including phenoxy) is 3. The normalized spacial score (nSPS) is 12.1. The van der Waals surface area contributed by atoms with Crippen LogP contribution in [-0.2, 0) is 11.3 Å². The lowest BCUT2D eigenvalue weighted by atomic mass is 10.1. The van der Waals surface area contributed by atoms with Crippen LogP contribution in [0, 0.1) is 13.8 Å². The van der Waals surface area contributed by atoms with Crippen molar-refractivity contribution < 1.29 is 23.8 Å². The van der Waals surface area contributed by atoms with Crippen molar-refractivity contribution in [2.24, 2.45) is 0 Å². The Balaban J connectivity index is 1.73. The molecule has 1 amide bonds. The monoisotopic (exact) mass is 330 g/mol. The highest BCUT2D eigenvalue weighted by Crippen LogP contribution is 2.32. The molecule has 2 N–H and O–H groups in total. The number of aromatic amines is 1. The summed E-state index contributed by atoms with van der Waals surface area (Å²) in [4.78, 5) is 27.1. The van der Waals surface area contributed by atoms with Crippen LogP contribution in [0.5, 0.6) is 11.5 Å². The first-order valence-electron chi connectivity index (χ1n) is 7.45. The fraction of sp³-hybridized carbons (Fsp3) is 0.294. The first-order valence-corrected chi connectivity index (χ1v) is 7.45. The molecule has 0 bridgehead atoms. The van der Waals surface area contributed by atoms with E-state index in [1.807, 2.05) is 18.2 Å². The highest BCUT2D eigenvalue weighted by molar-refractivity contribution is 6.00. The molecule has 1 aromatic carbocycles. The van der Waals surface area contributed by atoms with Gasteiger partial charge >= 0.3 is 5.97 Å². The number of hydrogen-bond donors (Lipinski definition) is 2. The van der Waals surface area contributed by atoms with Crippen LogP contribution in [0.4, 0.5) is 0 Å². The molecule has 0 radical (unpaired) electrons. The van der Waals surface area contributed by atoms with E-state index in [1.54, 1.807) is 13.8 Å². The van der Waals surface area contributed by atoms with Gasteiger partial charge in [0.1, 0.15) is 5.69 Å². The highest BCUT2D eigenvalue weighted by atomic mass is 16.7. The summed E-state index contributed by atoms with van der Waals surface area (Å²) in [5.74, 6) is 0.616. The number of benzene rings is 1. The number of carbonyl (C=O) groups excluding carboxylic acids is 2. The molecule has 3 rings (SSSR count). The lowest BCUT2D eigenvalue weighted by molar-refractivity contribution is 0.0599. The summed E-state index contributed by atoms with van der Waals surface area (Å²) in [7, 11) is 1.31. The fourth-order valence-corrected chi connectivity index (χ4v) is 2.71. The van der Waals surface area contributed by atoms with Gasteiger partial charge in [0.05, 0.1) is 12.7 Å². The second kappa shape index (κ2) is 6.27. The molecule has 0 spiro atoms. The first kappa shape index (κ1) is 15.9. The highest BCUT2D eigenvalue weighted by Gasteiger charge is 2.22. The van der Waals surface area contributed by atoms with Gasteiger partial charge in [0, 0.05) is 12.2 Å². The second-order valence-corrected chi connectivity index (χ2v) is 5.49. The molecule has 1 aliphatic rings. The van der Waals surface area contributed by atoms with Gasteiger partial charge in [-0.1, -0.05) is 6.07 Å². The van der Waals surface area contributed by atoms with E-state index >= 15 is 0 Å². The summed E-state index contributed by atoms with van der Waals surface area (Å²) in [6.07, 6.45) is 0. The summed E-state index contributed by atoms with van der Waals surface area (Å²) in [5.41, 5.74) is 2.82. The molecule has 7 heteroatoms. The Labute approximate surface area is 138 Å². The zero-order valence-corrected chi connectivity index (χ0v) is 13.7. The van der Waals surface area contributed by atoms with Crippen LogP contribution in [0.25, 0.3) is 0 Å². The van der Waals surface area contributed by atoms with Gasteiger partial charge in [-0.05, 0) is 37.1 Å². The molecular formula is C17H18N2O5. The molecule has 2 heterocycles. The molecule has 0 fully saturated rings. The van der Waals surface area contributed by atoms with Crippen molar-refractivity contribution in [2.75, 3.05) is 13.9 Å². The Kier molecular flexibility index (Phi) is 4.16. The number of aromatic nitrogens is 1. The van der Waals surface area contributed by atoms with Gasteiger partial charge in [0.25, 0.3) is 5.91 Å². The van der Waals surface area contributed by atoms with Crippen LogP contribution in [0.2, 0.25) is 0 Å². The van der Waals surface area contributed by atoms with E-state index in [4.69, 9.17) is 14.2 Å². The molecule has 24 heavy (non-hydrogen) atoms. The molecule has 0 aliphatic carbocycles. The number of methoxy groups -OCH3 is 1. The van der Waals surface area contributed by atoms with Gasteiger partial charge in [-0.3, -0.25) is 4.79 Å². The van der Waals surface area contributed by atoms with Crippen LogP contribution in [-0.4, -0.2) is 30.8 Å². The quantitative estimate of drug-likeness (QED) is 0.838. The maximum Gasteiger partial charge on any atom is 0.339 e. The Hall–Kier alpha value is -2.96. The standard InChI is InChI=1S/C17H18N2O5/c1-9-14(17(21)22-3)10(2)19-15(9)16(20)18-7-11-4-5-12-13(6-11)24-8-23-12/h4-6,19H,7-8H2,1-3H3,(H,18,20). The predicted molar refractivity (Wildman–Crippen MR) is 85.3 cm³/mol. The van der Waals surface area contributed by atoms with Crippen LogP contribution < -0.4 is 14.8 Å². The van der Waals surface area contributed by atoms with E-state index in [-0.39, 0.29) is 12.7 Å². The molecule has 1 aromatic heterocycles. The smallest absolute Gasteiger partial charge is 0.339 e. The summed E-state index contributed by atoms with van der Waals surface area (Å²) in [6.45, 7) is 3.99. The first-order chi connectivity index (χ1) is 11.5. The predicted octanol–water partition coefficient (Wildman–Crippen LogP) is 2.08. The van der Waals surface area contributed by atoms with Crippen molar-refractivity contribution in [3.8, 4) is 11.5 Å². The fourth-order valence-electron chi connectivity index (χ4n) is 2.71. The Bertz CT molecular complexity index is 810. The van der Waals surface area contributed by atoms with Crippen LogP contribution in [0.1, 0.15) is 37.7 Å². The van der Waals surface area contributed by atoms with Crippen molar-refractivity contribution in [1.82, 2.24) is 10.3 Å². The van der Waals surface area contributed by atoms with Gasteiger partial charge in [-0.25, -0.2) is 4.79 Å². The summed E-state index contributed by atoms with van der Waals surface area (Å²) >= 11 is 0. The van der Waals surface area contributed by atoms with Crippen LogP contribution in [0.3, 0.4) is 0 Å². The lowest BCUT2D eigenvalue weighted by Gasteiger charge is -2.06. The Morgan fingerprint density at radius 2 is 2.00 bits per heavy atom. The third kappa shape index (κ3) is 2.80. The molecule has 0 saturated heterocycles. The van der Waals surface area contributed by atoms with Gasteiger partial charge < -0.3 is 24.5 Å². The second-order valence-electron chi connectivity index (χ2n) is 5.49. The van der Waals surface area contributed by atoms with Gasteiger partial charge in [-0.15, -0.1) is 0 Å². The number of nitrogens with one attached hydrogen (secondary N) is 2. The number of fused-ring (bicyclic) bond motifs is 1.